The fourth-order valence-electron chi connectivity index (χ4n) is 1.67. The summed E-state index contributed by atoms with van der Waals surface area (Å²) in [5, 5.41) is 2.69. The zero-order chi connectivity index (χ0) is 11.5. The molecule has 0 aromatic heterocycles. The first-order valence-corrected chi connectivity index (χ1v) is 5.29. The summed E-state index contributed by atoms with van der Waals surface area (Å²) in [6.45, 7) is 6.87. The minimum atomic E-state index is -0.837. The highest BCUT2D eigenvalue weighted by molar-refractivity contribution is 5.88. The minimum Gasteiger partial charge on any atom is -0.464 e. The molecule has 1 heterocycles. The van der Waals surface area contributed by atoms with E-state index in [-0.39, 0.29) is 12.0 Å². The summed E-state index contributed by atoms with van der Waals surface area (Å²) >= 11 is 0. The van der Waals surface area contributed by atoms with Gasteiger partial charge in [-0.2, -0.15) is 0 Å². The van der Waals surface area contributed by atoms with Crippen LogP contribution in [0.4, 0.5) is 4.79 Å². The van der Waals surface area contributed by atoms with Crippen LogP contribution in [0.2, 0.25) is 0 Å². The smallest absolute Gasteiger partial charge is 0.331 e. The molecule has 1 N–H and O–H groups in total. The average Bonchev–Trinajstić information content (AvgIpc) is 2.64. The summed E-state index contributed by atoms with van der Waals surface area (Å²) in [7, 11) is 0. The van der Waals surface area contributed by atoms with Gasteiger partial charge in [0.15, 0.2) is 0 Å². The second-order valence-electron chi connectivity index (χ2n) is 3.73. The van der Waals surface area contributed by atoms with Crippen LogP contribution in [0, 0.1) is 0 Å². The molecular weight excluding hydrogens is 196 g/mol. The van der Waals surface area contributed by atoms with Crippen molar-refractivity contribution < 1.29 is 14.3 Å². The Balaban J connectivity index is 2.83. The van der Waals surface area contributed by atoms with Crippen molar-refractivity contribution in [1.29, 1.82) is 0 Å². The van der Waals surface area contributed by atoms with Crippen molar-refractivity contribution >= 4 is 12.0 Å². The Kier molecular flexibility index (Phi) is 3.55. The molecule has 5 heteroatoms. The van der Waals surface area contributed by atoms with E-state index in [1.54, 1.807) is 18.7 Å². The van der Waals surface area contributed by atoms with Crippen molar-refractivity contribution in [3.63, 3.8) is 0 Å². The third kappa shape index (κ3) is 2.06. The van der Waals surface area contributed by atoms with E-state index in [1.807, 2.05) is 6.92 Å². The number of carbonyl (C=O) groups excluding carboxylic acids is 2. The number of ether oxygens (including phenoxy) is 1. The standard InChI is InChI=1S/C10H18N2O3/c1-4-10(3,8(13)15-5-2)12-7-6-11-9(12)14/h4-7H2,1-3H3,(H,11,14). The van der Waals surface area contributed by atoms with Crippen LogP contribution in [0.5, 0.6) is 0 Å². The number of carbonyl (C=O) groups is 2. The maximum atomic E-state index is 11.8. The van der Waals surface area contributed by atoms with E-state index in [1.165, 1.54) is 0 Å². The predicted molar refractivity (Wildman–Crippen MR) is 55.4 cm³/mol. The highest BCUT2D eigenvalue weighted by Gasteiger charge is 2.43. The fourth-order valence-corrected chi connectivity index (χ4v) is 1.67. The van der Waals surface area contributed by atoms with Gasteiger partial charge in [-0.3, -0.25) is 0 Å². The van der Waals surface area contributed by atoms with E-state index < -0.39 is 5.54 Å². The molecule has 15 heavy (non-hydrogen) atoms. The number of rotatable bonds is 4. The zero-order valence-electron chi connectivity index (χ0n) is 9.50. The largest absolute Gasteiger partial charge is 0.464 e. The van der Waals surface area contributed by atoms with Crippen LogP contribution in [0.15, 0.2) is 0 Å². The normalized spacial score (nSPS) is 19.7. The number of nitrogens with one attached hydrogen (secondary N) is 1. The third-order valence-electron chi connectivity index (χ3n) is 2.86. The zero-order valence-corrected chi connectivity index (χ0v) is 9.50. The lowest BCUT2D eigenvalue weighted by Gasteiger charge is -2.34. The maximum absolute atomic E-state index is 11.8. The predicted octanol–water partition coefficient (Wildman–Crippen LogP) is 0.743. The Labute approximate surface area is 89.8 Å². The molecule has 1 aliphatic heterocycles. The summed E-state index contributed by atoms with van der Waals surface area (Å²) in [6, 6.07) is -0.188. The molecule has 0 aliphatic carbocycles. The SMILES string of the molecule is CCOC(=O)C(C)(CC)N1CCNC1=O. The third-order valence-corrected chi connectivity index (χ3v) is 2.86. The van der Waals surface area contributed by atoms with Gasteiger partial charge in [0.1, 0.15) is 5.54 Å². The Morgan fingerprint density at radius 3 is 2.67 bits per heavy atom. The summed E-state index contributed by atoms with van der Waals surface area (Å²) in [5.41, 5.74) is -0.837. The van der Waals surface area contributed by atoms with Gasteiger partial charge >= 0.3 is 12.0 Å². The first-order valence-electron chi connectivity index (χ1n) is 5.29. The number of hydrogen-bond acceptors (Lipinski definition) is 3. The number of esters is 1. The molecule has 1 aliphatic rings. The molecule has 0 saturated carbocycles. The molecule has 1 fully saturated rings. The van der Waals surface area contributed by atoms with E-state index in [2.05, 4.69) is 5.32 Å². The molecule has 0 spiro atoms. The summed E-state index contributed by atoms with van der Waals surface area (Å²) in [4.78, 5) is 24.8. The van der Waals surface area contributed by atoms with Gasteiger partial charge in [0.05, 0.1) is 6.61 Å². The second-order valence-corrected chi connectivity index (χ2v) is 3.73. The minimum absolute atomic E-state index is 0.188. The van der Waals surface area contributed by atoms with Crippen molar-refractivity contribution in [2.45, 2.75) is 32.7 Å². The van der Waals surface area contributed by atoms with Crippen LogP contribution in [-0.4, -0.2) is 42.1 Å². The lowest BCUT2D eigenvalue weighted by Crippen LogP contribution is -2.54. The molecule has 0 aromatic rings. The number of nitrogens with zero attached hydrogens (tertiary/aromatic N) is 1. The first kappa shape index (κ1) is 11.8. The monoisotopic (exact) mass is 214 g/mol. The molecule has 2 amide bonds. The Hall–Kier alpha value is -1.26. The van der Waals surface area contributed by atoms with Gasteiger partial charge in [0.25, 0.3) is 0 Å². The quantitative estimate of drug-likeness (QED) is 0.702. The number of urea groups is 1. The molecule has 0 aromatic carbocycles. The highest BCUT2D eigenvalue weighted by Crippen LogP contribution is 2.23. The van der Waals surface area contributed by atoms with Gasteiger partial charge in [-0.1, -0.05) is 6.92 Å². The summed E-state index contributed by atoms with van der Waals surface area (Å²) in [6.07, 6.45) is 0.555. The van der Waals surface area contributed by atoms with E-state index in [0.29, 0.717) is 26.1 Å². The molecule has 1 unspecified atom stereocenters. The van der Waals surface area contributed by atoms with Crippen LogP contribution in [0.25, 0.3) is 0 Å². The van der Waals surface area contributed by atoms with Crippen LogP contribution in [0.3, 0.4) is 0 Å². The molecule has 86 valence electrons. The highest BCUT2D eigenvalue weighted by atomic mass is 16.5. The summed E-state index contributed by atoms with van der Waals surface area (Å²) < 4.78 is 5.00. The average molecular weight is 214 g/mol. The Morgan fingerprint density at radius 1 is 1.60 bits per heavy atom. The Morgan fingerprint density at radius 2 is 2.27 bits per heavy atom. The van der Waals surface area contributed by atoms with E-state index in [4.69, 9.17) is 4.74 Å². The molecule has 5 nitrogen and oxygen atoms in total. The topological polar surface area (TPSA) is 58.6 Å². The van der Waals surface area contributed by atoms with Gasteiger partial charge < -0.3 is 15.0 Å². The van der Waals surface area contributed by atoms with Gasteiger partial charge in [-0.15, -0.1) is 0 Å². The first-order chi connectivity index (χ1) is 7.06. The molecule has 1 atom stereocenters. The molecule has 0 radical (unpaired) electrons. The van der Waals surface area contributed by atoms with E-state index in [0.717, 1.165) is 0 Å². The second kappa shape index (κ2) is 4.51. The van der Waals surface area contributed by atoms with Crippen LogP contribution >= 0.6 is 0 Å². The van der Waals surface area contributed by atoms with Gasteiger partial charge in [0, 0.05) is 13.1 Å². The van der Waals surface area contributed by atoms with Crippen molar-refractivity contribution in [2.24, 2.45) is 0 Å². The summed E-state index contributed by atoms with van der Waals surface area (Å²) in [5.74, 6) is -0.329. The number of hydrogen-bond donors (Lipinski definition) is 1. The van der Waals surface area contributed by atoms with Crippen molar-refractivity contribution in [1.82, 2.24) is 10.2 Å². The van der Waals surface area contributed by atoms with Gasteiger partial charge in [0.2, 0.25) is 0 Å². The van der Waals surface area contributed by atoms with Crippen LogP contribution < -0.4 is 5.32 Å². The maximum Gasteiger partial charge on any atom is 0.331 e. The Bertz CT molecular complexity index is 267. The van der Waals surface area contributed by atoms with E-state index >= 15 is 0 Å². The van der Waals surface area contributed by atoms with Gasteiger partial charge in [-0.05, 0) is 20.3 Å². The molecule has 1 rings (SSSR count). The van der Waals surface area contributed by atoms with Crippen molar-refractivity contribution in [3.8, 4) is 0 Å². The van der Waals surface area contributed by atoms with Crippen molar-refractivity contribution in [3.05, 3.63) is 0 Å². The number of amides is 2. The lowest BCUT2D eigenvalue weighted by atomic mass is 9.97. The van der Waals surface area contributed by atoms with Crippen LogP contribution in [0.1, 0.15) is 27.2 Å². The van der Waals surface area contributed by atoms with E-state index in [9.17, 15) is 9.59 Å². The van der Waals surface area contributed by atoms with Crippen molar-refractivity contribution in [2.75, 3.05) is 19.7 Å². The molecule has 1 saturated heterocycles. The molecular formula is C10H18N2O3. The molecule has 0 bridgehead atoms. The van der Waals surface area contributed by atoms with Gasteiger partial charge in [-0.25, -0.2) is 9.59 Å². The lowest BCUT2D eigenvalue weighted by molar-refractivity contribution is -0.154. The fraction of sp³-hybridized carbons (Fsp3) is 0.800. The van der Waals surface area contributed by atoms with Crippen LogP contribution in [-0.2, 0) is 9.53 Å².